The van der Waals surface area contributed by atoms with Crippen molar-refractivity contribution in [3.8, 4) is 5.75 Å². The van der Waals surface area contributed by atoms with Crippen molar-refractivity contribution in [2.75, 3.05) is 13.7 Å². The minimum absolute atomic E-state index is 0.101. The maximum absolute atomic E-state index is 12.5. The summed E-state index contributed by atoms with van der Waals surface area (Å²) in [6.07, 6.45) is 0.763. The van der Waals surface area contributed by atoms with E-state index in [-0.39, 0.29) is 11.5 Å². The molecule has 0 saturated carbocycles. The number of aliphatic hydroxyl groups excluding tert-OH is 1. The summed E-state index contributed by atoms with van der Waals surface area (Å²) in [6, 6.07) is 13.7. The number of hydrogen-bond acceptors (Lipinski definition) is 4. The van der Waals surface area contributed by atoms with Gasteiger partial charge >= 0.3 is 0 Å². The summed E-state index contributed by atoms with van der Waals surface area (Å²) < 4.78 is 33.1. The number of sulfonamides is 1. The largest absolute Gasteiger partial charge is 0.496 e. The monoisotopic (exact) mass is 349 g/mol. The van der Waals surface area contributed by atoms with Crippen molar-refractivity contribution >= 4 is 10.0 Å². The number of ether oxygens (including phenoxy) is 1. The van der Waals surface area contributed by atoms with Crippen molar-refractivity contribution in [3.63, 3.8) is 0 Å². The minimum Gasteiger partial charge on any atom is -0.496 e. The molecule has 1 atom stereocenters. The number of para-hydroxylation sites is 1. The predicted octanol–water partition coefficient (Wildman–Crippen LogP) is 2.28. The molecule has 0 saturated heterocycles. The molecule has 2 rings (SSSR count). The van der Waals surface area contributed by atoms with Gasteiger partial charge < -0.3 is 9.84 Å². The molecule has 0 radical (unpaired) electrons. The Hall–Kier alpha value is -1.89. The molecule has 24 heavy (non-hydrogen) atoms. The van der Waals surface area contributed by atoms with Gasteiger partial charge in [0.05, 0.1) is 12.0 Å². The van der Waals surface area contributed by atoms with E-state index in [1.165, 1.54) is 0 Å². The summed E-state index contributed by atoms with van der Waals surface area (Å²) >= 11 is 0. The Balaban J connectivity index is 2.20. The predicted molar refractivity (Wildman–Crippen MR) is 93.7 cm³/mol. The van der Waals surface area contributed by atoms with Gasteiger partial charge in [-0.2, -0.15) is 0 Å². The van der Waals surface area contributed by atoms with E-state index < -0.39 is 16.1 Å². The molecule has 0 unspecified atom stereocenters. The van der Waals surface area contributed by atoms with Gasteiger partial charge in [0.15, 0.2) is 0 Å². The summed E-state index contributed by atoms with van der Waals surface area (Å²) in [4.78, 5) is 0.219. The van der Waals surface area contributed by atoms with Crippen molar-refractivity contribution in [2.45, 2.75) is 30.7 Å². The third-order valence-corrected chi connectivity index (χ3v) is 5.33. The number of rotatable bonds is 8. The third kappa shape index (κ3) is 4.80. The summed E-state index contributed by atoms with van der Waals surface area (Å²) in [5.74, 6) is 0.704. The second-order valence-electron chi connectivity index (χ2n) is 5.66. The van der Waals surface area contributed by atoms with Crippen LogP contribution in [0.4, 0.5) is 0 Å². The van der Waals surface area contributed by atoms with E-state index in [0.717, 1.165) is 11.1 Å². The highest BCUT2D eigenvalue weighted by molar-refractivity contribution is 7.89. The van der Waals surface area contributed by atoms with Crippen LogP contribution in [-0.4, -0.2) is 33.3 Å². The van der Waals surface area contributed by atoms with Crippen LogP contribution >= 0.6 is 0 Å². The molecule has 130 valence electrons. The topological polar surface area (TPSA) is 75.6 Å². The lowest BCUT2D eigenvalue weighted by Crippen LogP contribution is -2.37. The van der Waals surface area contributed by atoms with Crippen molar-refractivity contribution in [1.29, 1.82) is 0 Å². The fraction of sp³-hybridized carbons (Fsp3) is 0.333. The second-order valence-corrected chi connectivity index (χ2v) is 7.37. The molecule has 0 fully saturated rings. The maximum Gasteiger partial charge on any atom is 0.240 e. The molecule has 0 spiro atoms. The van der Waals surface area contributed by atoms with Gasteiger partial charge in [0.25, 0.3) is 0 Å². The van der Waals surface area contributed by atoms with Crippen LogP contribution in [0.25, 0.3) is 0 Å². The Bertz CT molecular complexity index is 757. The zero-order valence-corrected chi connectivity index (χ0v) is 14.7. The maximum atomic E-state index is 12.5. The molecule has 2 aromatic rings. The first-order valence-electron chi connectivity index (χ1n) is 7.78. The summed E-state index contributed by atoms with van der Waals surface area (Å²) in [7, 11) is -2.06. The van der Waals surface area contributed by atoms with Gasteiger partial charge in [-0.3, -0.25) is 0 Å². The fourth-order valence-electron chi connectivity index (χ4n) is 2.50. The Morgan fingerprint density at radius 1 is 1.12 bits per heavy atom. The molecule has 0 aliphatic heterocycles. The van der Waals surface area contributed by atoms with Gasteiger partial charge in [-0.15, -0.1) is 0 Å². The first kappa shape index (κ1) is 18.4. The van der Waals surface area contributed by atoms with E-state index in [9.17, 15) is 13.5 Å². The van der Waals surface area contributed by atoms with Gasteiger partial charge in [0.1, 0.15) is 5.75 Å². The normalized spacial score (nSPS) is 12.8. The lowest BCUT2D eigenvalue weighted by Gasteiger charge is -2.19. The lowest BCUT2D eigenvalue weighted by atomic mass is 10.0. The van der Waals surface area contributed by atoms with Crippen LogP contribution in [0.15, 0.2) is 53.4 Å². The number of nitrogens with one attached hydrogen (secondary N) is 1. The zero-order chi connectivity index (χ0) is 17.6. The van der Waals surface area contributed by atoms with E-state index in [1.807, 2.05) is 31.2 Å². The van der Waals surface area contributed by atoms with Crippen LogP contribution in [0.5, 0.6) is 5.75 Å². The molecule has 0 aromatic heterocycles. The van der Waals surface area contributed by atoms with Gasteiger partial charge in [-0.25, -0.2) is 13.1 Å². The molecule has 2 N–H and O–H groups in total. The van der Waals surface area contributed by atoms with Crippen molar-refractivity contribution in [2.24, 2.45) is 0 Å². The molecular weight excluding hydrogens is 326 g/mol. The van der Waals surface area contributed by atoms with Gasteiger partial charge in [0, 0.05) is 12.6 Å². The van der Waals surface area contributed by atoms with Gasteiger partial charge in [0.2, 0.25) is 10.0 Å². The second kappa shape index (κ2) is 8.28. The first-order chi connectivity index (χ1) is 11.5. The number of methoxy groups -OCH3 is 1. The minimum atomic E-state index is -3.64. The molecular formula is C18H23NO4S. The molecule has 6 heteroatoms. The van der Waals surface area contributed by atoms with Crippen LogP contribution in [0.3, 0.4) is 0 Å². The third-order valence-electron chi connectivity index (χ3n) is 3.79. The highest BCUT2D eigenvalue weighted by Crippen LogP contribution is 2.21. The Morgan fingerprint density at radius 3 is 2.42 bits per heavy atom. The van der Waals surface area contributed by atoms with E-state index in [4.69, 9.17) is 4.74 Å². The quantitative estimate of drug-likeness (QED) is 0.767. The van der Waals surface area contributed by atoms with E-state index in [0.29, 0.717) is 18.6 Å². The number of benzene rings is 2. The molecule has 5 nitrogen and oxygen atoms in total. The van der Waals surface area contributed by atoms with Crippen molar-refractivity contribution < 1.29 is 18.3 Å². The summed E-state index contributed by atoms with van der Waals surface area (Å²) in [5, 5.41) is 9.28. The van der Waals surface area contributed by atoms with Gasteiger partial charge in [-0.05, 0) is 43.5 Å². The molecule has 0 amide bonds. The summed E-state index contributed by atoms with van der Waals surface area (Å²) in [5.41, 5.74) is 1.89. The Morgan fingerprint density at radius 2 is 1.79 bits per heavy atom. The zero-order valence-electron chi connectivity index (χ0n) is 13.9. The van der Waals surface area contributed by atoms with Crippen LogP contribution in [0, 0.1) is 6.92 Å². The highest BCUT2D eigenvalue weighted by atomic mass is 32.2. The standard InChI is InChI=1S/C18H23NO4S/c1-14-7-9-17(10-8-14)24(21,22)19-16(11-12-20)13-15-5-3-4-6-18(15)23-2/h3-10,16,19-20H,11-13H2,1-2H3/t16-/m1/s1. The fourth-order valence-corrected chi connectivity index (χ4v) is 3.77. The summed E-state index contributed by atoms with van der Waals surface area (Å²) in [6.45, 7) is 1.80. The smallest absolute Gasteiger partial charge is 0.240 e. The molecule has 0 aliphatic carbocycles. The Labute approximate surface area is 143 Å². The molecule has 0 bridgehead atoms. The van der Waals surface area contributed by atoms with Crippen molar-refractivity contribution in [3.05, 3.63) is 59.7 Å². The Kier molecular flexibility index (Phi) is 6.36. The van der Waals surface area contributed by atoms with Crippen LogP contribution in [-0.2, 0) is 16.4 Å². The van der Waals surface area contributed by atoms with Crippen LogP contribution < -0.4 is 9.46 Å². The number of hydrogen-bond donors (Lipinski definition) is 2. The average molecular weight is 349 g/mol. The van der Waals surface area contributed by atoms with E-state index >= 15 is 0 Å². The van der Waals surface area contributed by atoms with Crippen LogP contribution in [0.1, 0.15) is 17.5 Å². The van der Waals surface area contributed by atoms with E-state index in [1.54, 1.807) is 31.4 Å². The van der Waals surface area contributed by atoms with Crippen LogP contribution in [0.2, 0.25) is 0 Å². The molecule has 0 aliphatic rings. The first-order valence-corrected chi connectivity index (χ1v) is 9.26. The molecule has 2 aromatic carbocycles. The van der Waals surface area contributed by atoms with E-state index in [2.05, 4.69) is 4.72 Å². The van der Waals surface area contributed by atoms with Crippen molar-refractivity contribution in [1.82, 2.24) is 4.72 Å². The molecule has 0 heterocycles. The average Bonchev–Trinajstić information content (AvgIpc) is 2.55. The highest BCUT2D eigenvalue weighted by Gasteiger charge is 2.21. The van der Waals surface area contributed by atoms with Gasteiger partial charge in [-0.1, -0.05) is 35.9 Å². The number of aryl methyl sites for hydroxylation is 1. The lowest BCUT2D eigenvalue weighted by molar-refractivity contribution is 0.271. The SMILES string of the molecule is COc1ccccc1C[C@@H](CCO)NS(=O)(=O)c1ccc(C)cc1. The number of aliphatic hydroxyl groups is 1.